The minimum absolute atomic E-state index is 0.671. The summed E-state index contributed by atoms with van der Waals surface area (Å²) in [5, 5.41) is 7.04. The van der Waals surface area contributed by atoms with Crippen LogP contribution in [0.15, 0.2) is 28.8 Å². The number of benzene rings is 1. The van der Waals surface area contributed by atoms with Gasteiger partial charge in [-0.3, -0.25) is 0 Å². The van der Waals surface area contributed by atoms with Gasteiger partial charge >= 0.3 is 0 Å². The molecule has 0 aliphatic heterocycles. The first-order chi connectivity index (χ1) is 7.81. The highest BCUT2D eigenvalue weighted by atomic mass is 16.5. The van der Waals surface area contributed by atoms with Gasteiger partial charge in [0, 0.05) is 18.5 Å². The molecule has 16 heavy (non-hydrogen) atoms. The zero-order chi connectivity index (χ0) is 11.4. The molecule has 0 saturated carbocycles. The summed E-state index contributed by atoms with van der Waals surface area (Å²) in [6.07, 6.45) is 0.759. The largest absolute Gasteiger partial charge is 0.339 e. The van der Waals surface area contributed by atoms with Gasteiger partial charge in [-0.15, -0.1) is 0 Å². The maximum atomic E-state index is 5.18. The SMILES string of the molecule is CNCCc1nc(-c2ccccc2C)no1. The normalized spacial score (nSPS) is 10.6. The molecular weight excluding hydrogens is 202 g/mol. The Balaban J connectivity index is 2.22. The monoisotopic (exact) mass is 217 g/mol. The first-order valence-electron chi connectivity index (χ1n) is 5.34. The molecule has 1 N–H and O–H groups in total. The van der Waals surface area contributed by atoms with E-state index in [1.165, 1.54) is 0 Å². The van der Waals surface area contributed by atoms with Crippen LogP contribution in [0.25, 0.3) is 11.4 Å². The van der Waals surface area contributed by atoms with Crippen LogP contribution in [0.2, 0.25) is 0 Å². The molecule has 1 aromatic carbocycles. The number of nitrogens with one attached hydrogen (secondary N) is 1. The summed E-state index contributed by atoms with van der Waals surface area (Å²) in [6, 6.07) is 8.02. The summed E-state index contributed by atoms with van der Waals surface area (Å²) >= 11 is 0. The standard InChI is InChI=1S/C12H15N3O/c1-9-5-3-4-6-10(9)12-14-11(16-15-12)7-8-13-2/h3-6,13H,7-8H2,1-2H3. The van der Waals surface area contributed by atoms with Crippen molar-refractivity contribution >= 4 is 0 Å². The van der Waals surface area contributed by atoms with E-state index in [4.69, 9.17) is 4.52 Å². The first kappa shape index (κ1) is 10.8. The number of hydrogen-bond donors (Lipinski definition) is 1. The maximum absolute atomic E-state index is 5.18. The lowest BCUT2D eigenvalue weighted by Gasteiger charge is -1.97. The van der Waals surface area contributed by atoms with Crippen molar-refractivity contribution in [3.8, 4) is 11.4 Å². The van der Waals surface area contributed by atoms with Crippen LogP contribution in [0.4, 0.5) is 0 Å². The minimum Gasteiger partial charge on any atom is -0.339 e. The zero-order valence-corrected chi connectivity index (χ0v) is 9.53. The Labute approximate surface area is 94.7 Å². The van der Waals surface area contributed by atoms with Crippen molar-refractivity contribution < 1.29 is 4.52 Å². The van der Waals surface area contributed by atoms with Crippen LogP contribution < -0.4 is 5.32 Å². The van der Waals surface area contributed by atoms with Crippen LogP contribution in [0.1, 0.15) is 11.5 Å². The molecule has 4 heteroatoms. The first-order valence-corrected chi connectivity index (χ1v) is 5.34. The molecule has 0 atom stereocenters. The summed E-state index contributed by atoms with van der Waals surface area (Å²) in [5.74, 6) is 1.34. The molecule has 1 aromatic heterocycles. The topological polar surface area (TPSA) is 51.0 Å². The molecular formula is C12H15N3O. The van der Waals surface area contributed by atoms with Crippen LogP contribution in [0.5, 0.6) is 0 Å². The molecule has 4 nitrogen and oxygen atoms in total. The molecule has 0 amide bonds. The molecule has 0 aliphatic carbocycles. The Morgan fingerprint density at radius 2 is 2.12 bits per heavy atom. The predicted molar refractivity (Wildman–Crippen MR) is 62.1 cm³/mol. The third-order valence-electron chi connectivity index (χ3n) is 2.44. The van der Waals surface area contributed by atoms with E-state index in [-0.39, 0.29) is 0 Å². The van der Waals surface area contributed by atoms with E-state index >= 15 is 0 Å². The van der Waals surface area contributed by atoms with E-state index < -0.39 is 0 Å². The van der Waals surface area contributed by atoms with Gasteiger partial charge in [0.05, 0.1) is 0 Å². The lowest BCUT2D eigenvalue weighted by Crippen LogP contribution is -2.10. The molecule has 0 aliphatic rings. The van der Waals surface area contributed by atoms with Crippen LogP contribution in [-0.4, -0.2) is 23.7 Å². The van der Waals surface area contributed by atoms with Gasteiger partial charge in [0.1, 0.15) is 0 Å². The molecule has 2 aromatic rings. The van der Waals surface area contributed by atoms with Gasteiger partial charge in [-0.1, -0.05) is 29.4 Å². The highest BCUT2D eigenvalue weighted by molar-refractivity contribution is 5.58. The Hall–Kier alpha value is -1.68. The number of aromatic nitrogens is 2. The van der Waals surface area contributed by atoms with Crippen molar-refractivity contribution in [1.29, 1.82) is 0 Å². The van der Waals surface area contributed by atoms with Gasteiger partial charge in [0.15, 0.2) is 0 Å². The van der Waals surface area contributed by atoms with E-state index in [1.807, 2.05) is 38.2 Å². The average Bonchev–Trinajstić information content (AvgIpc) is 2.75. The number of likely N-dealkylation sites (N-methyl/N-ethyl adjacent to an activating group) is 1. The lowest BCUT2D eigenvalue weighted by atomic mass is 10.1. The fraction of sp³-hybridized carbons (Fsp3) is 0.333. The highest BCUT2D eigenvalue weighted by Gasteiger charge is 2.09. The quantitative estimate of drug-likeness (QED) is 0.848. The van der Waals surface area contributed by atoms with Crippen LogP contribution in [0.3, 0.4) is 0 Å². The summed E-state index contributed by atoms with van der Waals surface area (Å²) in [7, 11) is 1.90. The summed E-state index contributed by atoms with van der Waals surface area (Å²) in [5.41, 5.74) is 2.19. The summed E-state index contributed by atoms with van der Waals surface area (Å²) in [6.45, 7) is 2.88. The lowest BCUT2D eigenvalue weighted by molar-refractivity contribution is 0.377. The molecule has 0 saturated heterocycles. The molecule has 0 bridgehead atoms. The Morgan fingerprint density at radius 1 is 1.31 bits per heavy atom. The number of aryl methyl sites for hydroxylation is 1. The molecule has 0 spiro atoms. The van der Waals surface area contributed by atoms with Crippen molar-refractivity contribution in [3.05, 3.63) is 35.7 Å². The van der Waals surface area contributed by atoms with Crippen molar-refractivity contribution in [1.82, 2.24) is 15.5 Å². The van der Waals surface area contributed by atoms with E-state index in [0.717, 1.165) is 24.1 Å². The summed E-state index contributed by atoms with van der Waals surface area (Å²) < 4.78 is 5.18. The maximum Gasteiger partial charge on any atom is 0.228 e. The number of hydrogen-bond acceptors (Lipinski definition) is 4. The second-order valence-electron chi connectivity index (χ2n) is 3.68. The molecule has 1 heterocycles. The van der Waals surface area contributed by atoms with Gasteiger partial charge in [0.2, 0.25) is 11.7 Å². The van der Waals surface area contributed by atoms with Crippen LogP contribution in [0, 0.1) is 6.92 Å². The zero-order valence-electron chi connectivity index (χ0n) is 9.53. The third-order valence-corrected chi connectivity index (χ3v) is 2.44. The molecule has 0 fully saturated rings. The smallest absolute Gasteiger partial charge is 0.228 e. The molecule has 2 rings (SSSR count). The summed E-state index contributed by atoms with van der Waals surface area (Å²) in [4.78, 5) is 4.36. The predicted octanol–water partition coefficient (Wildman–Crippen LogP) is 1.81. The molecule has 0 unspecified atom stereocenters. The van der Waals surface area contributed by atoms with Gasteiger partial charge in [0.25, 0.3) is 0 Å². The molecule has 84 valence electrons. The fourth-order valence-corrected chi connectivity index (χ4v) is 1.52. The van der Waals surface area contributed by atoms with E-state index in [1.54, 1.807) is 0 Å². The third kappa shape index (κ3) is 2.28. The number of rotatable bonds is 4. The van der Waals surface area contributed by atoms with Crippen LogP contribution in [-0.2, 0) is 6.42 Å². The Bertz CT molecular complexity index is 465. The second-order valence-corrected chi connectivity index (χ2v) is 3.68. The van der Waals surface area contributed by atoms with Gasteiger partial charge in [-0.2, -0.15) is 4.98 Å². The van der Waals surface area contributed by atoms with Crippen LogP contribution >= 0.6 is 0 Å². The fourth-order valence-electron chi connectivity index (χ4n) is 1.52. The van der Waals surface area contributed by atoms with Gasteiger partial charge < -0.3 is 9.84 Å². The van der Waals surface area contributed by atoms with E-state index in [0.29, 0.717) is 11.7 Å². The number of nitrogens with zero attached hydrogens (tertiary/aromatic N) is 2. The van der Waals surface area contributed by atoms with Crippen molar-refractivity contribution in [3.63, 3.8) is 0 Å². The molecule has 0 radical (unpaired) electrons. The van der Waals surface area contributed by atoms with Gasteiger partial charge in [-0.25, -0.2) is 0 Å². The van der Waals surface area contributed by atoms with E-state index in [9.17, 15) is 0 Å². The van der Waals surface area contributed by atoms with Crippen molar-refractivity contribution in [2.45, 2.75) is 13.3 Å². The Morgan fingerprint density at radius 3 is 2.88 bits per heavy atom. The van der Waals surface area contributed by atoms with E-state index in [2.05, 4.69) is 15.5 Å². The second kappa shape index (κ2) is 4.90. The Kier molecular flexibility index (Phi) is 3.31. The highest BCUT2D eigenvalue weighted by Crippen LogP contribution is 2.19. The minimum atomic E-state index is 0.671. The van der Waals surface area contributed by atoms with Crippen molar-refractivity contribution in [2.24, 2.45) is 0 Å². The van der Waals surface area contributed by atoms with Crippen molar-refractivity contribution in [2.75, 3.05) is 13.6 Å². The average molecular weight is 217 g/mol. The van der Waals surface area contributed by atoms with Gasteiger partial charge in [-0.05, 0) is 19.5 Å².